The molecule has 1 fully saturated rings. The molecule has 1 heterocycles. The van der Waals surface area contributed by atoms with Crippen molar-refractivity contribution in [2.24, 2.45) is 5.92 Å². The smallest absolute Gasteiger partial charge is 0.317 e. The zero-order valence-electron chi connectivity index (χ0n) is 13.4. The van der Waals surface area contributed by atoms with Crippen molar-refractivity contribution in [1.82, 2.24) is 10.2 Å². The lowest BCUT2D eigenvalue weighted by Crippen LogP contribution is -2.43. The summed E-state index contributed by atoms with van der Waals surface area (Å²) in [5, 5.41) is 11.9. The van der Waals surface area contributed by atoms with Crippen molar-refractivity contribution in [3.63, 3.8) is 0 Å². The van der Waals surface area contributed by atoms with Crippen LogP contribution in [0, 0.1) is 19.8 Å². The first-order valence-corrected chi connectivity index (χ1v) is 7.70. The van der Waals surface area contributed by atoms with Crippen LogP contribution in [-0.4, -0.2) is 41.1 Å². The molecule has 2 rings (SSSR count). The highest BCUT2D eigenvalue weighted by Gasteiger charge is 2.31. The van der Waals surface area contributed by atoms with E-state index in [1.807, 2.05) is 6.92 Å². The number of hydrogen-bond acceptors (Lipinski definition) is 2. The molecule has 2 unspecified atom stereocenters. The van der Waals surface area contributed by atoms with Crippen LogP contribution in [0.4, 0.5) is 4.79 Å². The lowest BCUT2D eigenvalue weighted by molar-refractivity contribution is -0.141. The summed E-state index contributed by atoms with van der Waals surface area (Å²) in [6, 6.07) is 6.24. The molecule has 0 aromatic heterocycles. The zero-order valence-corrected chi connectivity index (χ0v) is 13.4. The minimum atomic E-state index is -0.821. The fourth-order valence-corrected chi connectivity index (χ4v) is 3.04. The van der Waals surface area contributed by atoms with Gasteiger partial charge in [-0.3, -0.25) is 4.79 Å². The summed E-state index contributed by atoms with van der Waals surface area (Å²) in [4.78, 5) is 24.7. The average molecular weight is 304 g/mol. The van der Waals surface area contributed by atoms with Crippen molar-refractivity contribution >= 4 is 12.0 Å². The van der Waals surface area contributed by atoms with Gasteiger partial charge in [0.25, 0.3) is 0 Å². The van der Waals surface area contributed by atoms with Gasteiger partial charge in [-0.1, -0.05) is 29.3 Å². The van der Waals surface area contributed by atoms with Gasteiger partial charge in [-0.2, -0.15) is 0 Å². The maximum absolute atomic E-state index is 12.2. The second-order valence-electron chi connectivity index (χ2n) is 6.32. The van der Waals surface area contributed by atoms with Crippen LogP contribution in [0.1, 0.15) is 30.0 Å². The van der Waals surface area contributed by atoms with Gasteiger partial charge >= 0.3 is 12.0 Å². The van der Waals surface area contributed by atoms with Crippen molar-refractivity contribution < 1.29 is 14.7 Å². The van der Waals surface area contributed by atoms with Gasteiger partial charge in [0.2, 0.25) is 0 Å². The SMILES string of the molecule is Cc1cc(C)cc(CC(C)NC(=O)N2CCC(C(=O)O)C2)c1. The average Bonchev–Trinajstić information content (AvgIpc) is 2.86. The summed E-state index contributed by atoms with van der Waals surface area (Å²) in [6.45, 7) is 6.92. The van der Waals surface area contributed by atoms with E-state index in [9.17, 15) is 9.59 Å². The summed E-state index contributed by atoms with van der Waals surface area (Å²) >= 11 is 0. The minimum Gasteiger partial charge on any atom is -0.481 e. The number of aliphatic carboxylic acids is 1. The quantitative estimate of drug-likeness (QED) is 0.897. The standard InChI is InChI=1S/C17H24N2O3/c1-11-6-12(2)8-14(7-11)9-13(3)18-17(22)19-5-4-15(10-19)16(20)21/h6-8,13,15H,4-5,9-10H2,1-3H3,(H,18,22)(H,20,21). The number of likely N-dealkylation sites (tertiary alicyclic amines) is 1. The third-order valence-electron chi connectivity index (χ3n) is 4.02. The van der Waals surface area contributed by atoms with Gasteiger partial charge in [-0.15, -0.1) is 0 Å². The van der Waals surface area contributed by atoms with E-state index in [0.717, 1.165) is 6.42 Å². The highest BCUT2D eigenvalue weighted by Crippen LogP contribution is 2.16. The number of carboxylic acids is 1. The summed E-state index contributed by atoms with van der Waals surface area (Å²) in [6.07, 6.45) is 1.30. The van der Waals surface area contributed by atoms with E-state index in [-0.39, 0.29) is 12.1 Å². The van der Waals surface area contributed by atoms with Gasteiger partial charge in [0, 0.05) is 19.1 Å². The van der Waals surface area contributed by atoms with E-state index in [0.29, 0.717) is 19.5 Å². The number of rotatable bonds is 4. The first kappa shape index (κ1) is 16.3. The Balaban J connectivity index is 1.88. The number of carboxylic acid groups (broad SMARTS) is 1. The first-order chi connectivity index (χ1) is 10.3. The molecule has 0 radical (unpaired) electrons. The largest absolute Gasteiger partial charge is 0.481 e. The Hall–Kier alpha value is -2.04. The van der Waals surface area contributed by atoms with E-state index in [4.69, 9.17) is 5.11 Å². The number of aryl methyl sites for hydroxylation is 2. The molecular formula is C17H24N2O3. The Labute approximate surface area is 131 Å². The molecule has 120 valence electrons. The van der Waals surface area contributed by atoms with Gasteiger partial charge < -0.3 is 15.3 Å². The third-order valence-corrected chi connectivity index (χ3v) is 4.02. The van der Waals surface area contributed by atoms with Crippen LogP contribution in [0.5, 0.6) is 0 Å². The van der Waals surface area contributed by atoms with Crippen LogP contribution in [-0.2, 0) is 11.2 Å². The molecule has 0 bridgehead atoms. The number of amides is 2. The van der Waals surface area contributed by atoms with E-state index < -0.39 is 11.9 Å². The predicted molar refractivity (Wildman–Crippen MR) is 84.9 cm³/mol. The van der Waals surface area contributed by atoms with Crippen molar-refractivity contribution in [3.8, 4) is 0 Å². The molecule has 0 aliphatic carbocycles. The first-order valence-electron chi connectivity index (χ1n) is 7.70. The Bertz CT molecular complexity index is 551. The van der Waals surface area contributed by atoms with Crippen LogP contribution in [0.3, 0.4) is 0 Å². The second-order valence-corrected chi connectivity index (χ2v) is 6.32. The molecule has 1 aliphatic heterocycles. The summed E-state index contributed by atoms with van der Waals surface area (Å²) in [7, 11) is 0. The van der Waals surface area contributed by atoms with Gasteiger partial charge in [0.15, 0.2) is 0 Å². The Morgan fingerprint density at radius 3 is 2.50 bits per heavy atom. The molecule has 1 aromatic carbocycles. The molecule has 1 saturated heterocycles. The molecule has 2 N–H and O–H groups in total. The molecule has 22 heavy (non-hydrogen) atoms. The van der Waals surface area contributed by atoms with Crippen LogP contribution >= 0.6 is 0 Å². The zero-order chi connectivity index (χ0) is 16.3. The number of nitrogens with one attached hydrogen (secondary N) is 1. The predicted octanol–water partition coefficient (Wildman–Crippen LogP) is 2.35. The van der Waals surface area contributed by atoms with E-state index in [2.05, 4.69) is 37.4 Å². The van der Waals surface area contributed by atoms with Gasteiger partial charge in [-0.05, 0) is 39.2 Å². The highest BCUT2D eigenvalue weighted by atomic mass is 16.4. The number of nitrogens with zero attached hydrogens (tertiary/aromatic N) is 1. The van der Waals surface area contributed by atoms with Crippen LogP contribution in [0.15, 0.2) is 18.2 Å². The van der Waals surface area contributed by atoms with E-state index >= 15 is 0 Å². The Kier molecular flexibility index (Phi) is 5.06. The van der Waals surface area contributed by atoms with Crippen molar-refractivity contribution in [2.75, 3.05) is 13.1 Å². The maximum atomic E-state index is 12.2. The molecular weight excluding hydrogens is 280 g/mol. The van der Waals surface area contributed by atoms with Crippen LogP contribution in [0.25, 0.3) is 0 Å². The van der Waals surface area contributed by atoms with Crippen LogP contribution < -0.4 is 5.32 Å². The molecule has 5 nitrogen and oxygen atoms in total. The fourth-order valence-electron chi connectivity index (χ4n) is 3.04. The minimum absolute atomic E-state index is 0.0116. The van der Waals surface area contributed by atoms with Gasteiger partial charge in [0.05, 0.1) is 5.92 Å². The topological polar surface area (TPSA) is 69.6 Å². The van der Waals surface area contributed by atoms with E-state index in [1.54, 1.807) is 4.90 Å². The maximum Gasteiger partial charge on any atom is 0.317 e. The number of hydrogen-bond donors (Lipinski definition) is 2. The molecule has 1 aliphatic rings. The normalized spacial score (nSPS) is 19.0. The molecule has 5 heteroatoms. The number of urea groups is 1. The second kappa shape index (κ2) is 6.81. The summed E-state index contributed by atoms with van der Waals surface area (Å²) in [5.74, 6) is -1.25. The summed E-state index contributed by atoms with van der Waals surface area (Å²) in [5.41, 5.74) is 3.64. The molecule has 0 spiro atoms. The number of benzene rings is 1. The molecule has 2 amide bonds. The monoisotopic (exact) mass is 304 g/mol. The Morgan fingerprint density at radius 1 is 1.32 bits per heavy atom. The van der Waals surface area contributed by atoms with Crippen molar-refractivity contribution in [1.29, 1.82) is 0 Å². The molecule has 2 atom stereocenters. The summed E-state index contributed by atoms with van der Waals surface area (Å²) < 4.78 is 0. The van der Waals surface area contributed by atoms with Crippen molar-refractivity contribution in [2.45, 2.75) is 39.7 Å². The van der Waals surface area contributed by atoms with Crippen molar-refractivity contribution in [3.05, 3.63) is 34.9 Å². The lowest BCUT2D eigenvalue weighted by Gasteiger charge is -2.21. The molecule has 1 aromatic rings. The lowest BCUT2D eigenvalue weighted by atomic mass is 10.0. The van der Waals surface area contributed by atoms with Gasteiger partial charge in [0.1, 0.15) is 0 Å². The fraction of sp³-hybridized carbons (Fsp3) is 0.529. The highest BCUT2D eigenvalue weighted by molar-refractivity contribution is 5.77. The van der Waals surface area contributed by atoms with Gasteiger partial charge in [-0.25, -0.2) is 4.79 Å². The van der Waals surface area contributed by atoms with Crippen LogP contribution in [0.2, 0.25) is 0 Å². The van der Waals surface area contributed by atoms with E-state index in [1.165, 1.54) is 16.7 Å². The number of carbonyl (C=O) groups excluding carboxylic acids is 1. The third kappa shape index (κ3) is 4.23. The Morgan fingerprint density at radius 2 is 1.95 bits per heavy atom. The molecule has 0 saturated carbocycles. The number of carbonyl (C=O) groups is 2.